The predicted octanol–water partition coefficient (Wildman–Crippen LogP) is -0.270. The predicted molar refractivity (Wildman–Crippen MR) is 58.8 cm³/mol. The Morgan fingerprint density at radius 2 is 2.00 bits per heavy atom. The summed E-state index contributed by atoms with van der Waals surface area (Å²) in [6.07, 6.45) is 3.76. The first-order valence-corrected chi connectivity index (χ1v) is 5.61. The van der Waals surface area contributed by atoms with Crippen LogP contribution in [0.2, 0.25) is 0 Å². The number of carbonyl (C=O) groups is 2. The molecule has 0 radical (unpaired) electrons. The van der Waals surface area contributed by atoms with Crippen LogP contribution in [0.3, 0.4) is 0 Å². The van der Waals surface area contributed by atoms with Gasteiger partial charge >= 0.3 is 6.09 Å². The van der Waals surface area contributed by atoms with Crippen molar-refractivity contribution in [1.82, 2.24) is 10.6 Å². The highest BCUT2D eigenvalue weighted by atomic mass is 16.5. The zero-order valence-electron chi connectivity index (χ0n) is 9.33. The second-order valence-corrected chi connectivity index (χ2v) is 3.89. The number of nitrogens with two attached hydrogens (primary N) is 1. The molecule has 6 heteroatoms. The van der Waals surface area contributed by atoms with Gasteiger partial charge in [0.1, 0.15) is 6.61 Å². The van der Waals surface area contributed by atoms with Gasteiger partial charge in [-0.1, -0.05) is 12.8 Å². The molecule has 0 bridgehead atoms. The summed E-state index contributed by atoms with van der Waals surface area (Å²) in [5.74, 6) is -0.00836. The van der Waals surface area contributed by atoms with Crippen molar-refractivity contribution < 1.29 is 14.3 Å². The monoisotopic (exact) mass is 229 g/mol. The van der Waals surface area contributed by atoms with Crippen molar-refractivity contribution in [3.05, 3.63) is 0 Å². The summed E-state index contributed by atoms with van der Waals surface area (Å²) in [6, 6.07) is 0.344. The van der Waals surface area contributed by atoms with Gasteiger partial charge in [-0.3, -0.25) is 4.79 Å². The van der Waals surface area contributed by atoms with E-state index in [2.05, 4.69) is 15.4 Å². The van der Waals surface area contributed by atoms with E-state index in [-0.39, 0.29) is 19.1 Å². The third-order valence-corrected chi connectivity index (χ3v) is 2.53. The summed E-state index contributed by atoms with van der Waals surface area (Å²) in [7, 11) is 0. The Labute approximate surface area is 94.9 Å². The second kappa shape index (κ2) is 7.05. The molecule has 1 aliphatic rings. The summed E-state index contributed by atoms with van der Waals surface area (Å²) in [6.45, 7) is 0.867. The van der Waals surface area contributed by atoms with Crippen LogP contribution in [0.1, 0.15) is 25.7 Å². The molecule has 0 spiro atoms. The topological polar surface area (TPSA) is 93.5 Å². The Kier molecular flexibility index (Phi) is 5.63. The van der Waals surface area contributed by atoms with Gasteiger partial charge in [-0.2, -0.15) is 0 Å². The minimum absolute atomic E-state index is 0.00836. The summed E-state index contributed by atoms with van der Waals surface area (Å²) >= 11 is 0. The maximum Gasteiger partial charge on any atom is 0.404 e. The van der Waals surface area contributed by atoms with E-state index in [1.807, 2.05) is 0 Å². The maximum absolute atomic E-state index is 11.4. The Balaban J connectivity index is 1.95. The molecule has 1 saturated carbocycles. The molecule has 0 saturated heterocycles. The fourth-order valence-electron chi connectivity index (χ4n) is 1.77. The summed E-state index contributed by atoms with van der Waals surface area (Å²) in [5.41, 5.74) is 4.78. The van der Waals surface area contributed by atoms with Crippen molar-refractivity contribution in [1.29, 1.82) is 0 Å². The molecule has 6 nitrogen and oxygen atoms in total. The lowest BCUT2D eigenvalue weighted by Gasteiger charge is -2.12. The van der Waals surface area contributed by atoms with Gasteiger partial charge in [-0.05, 0) is 12.8 Å². The quantitative estimate of drug-likeness (QED) is 0.546. The average molecular weight is 229 g/mol. The number of nitrogens with one attached hydrogen (secondary N) is 2. The van der Waals surface area contributed by atoms with E-state index in [1.54, 1.807) is 0 Å². The molecule has 1 rings (SSSR count). The van der Waals surface area contributed by atoms with E-state index < -0.39 is 6.09 Å². The molecule has 0 aromatic carbocycles. The van der Waals surface area contributed by atoms with Gasteiger partial charge in [0.05, 0.1) is 6.54 Å². The first-order valence-electron chi connectivity index (χ1n) is 5.61. The first-order chi connectivity index (χ1) is 7.68. The summed E-state index contributed by atoms with van der Waals surface area (Å²) < 4.78 is 4.50. The van der Waals surface area contributed by atoms with E-state index in [0.29, 0.717) is 12.6 Å². The van der Waals surface area contributed by atoms with Crippen LogP contribution in [-0.2, 0) is 9.53 Å². The van der Waals surface area contributed by atoms with E-state index in [4.69, 9.17) is 5.73 Å². The highest BCUT2D eigenvalue weighted by Crippen LogP contribution is 2.17. The number of hydrogen-bond acceptors (Lipinski definition) is 4. The van der Waals surface area contributed by atoms with Gasteiger partial charge in [-0.15, -0.1) is 0 Å². The van der Waals surface area contributed by atoms with E-state index in [0.717, 1.165) is 12.8 Å². The third kappa shape index (κ3) is 5.55. The molecule has 1 fully saturated rings. The highest BCUT2D eigenvalue weighted by Gasteiger charge is 2.16. The smallest absolute Gasteiger partial charge is 0.404 e. The normalized spacial score (nSPS) is 16.0. The second-order valence-electron chi connectivity index (χ2n) is 3.89. The minimum atomic E-state index is -0.794. The van der Waals surface area contributed by atoms with Gasteiger partial charge in [0.25, 0.3) is 0 Å². The van der Waals surface area contributed by atoms with Crippen LogP contribution in [0.5, 0.6) is 0 Å². The number of rotatable bonds is 6. The molecule has 4 N–H and O–H groups in total. The van der Waals surface area contributed by atoms with Gasteiger partial charge in [0.2, 0.25) is 5.91 Å². The largest absolute Gasteiger partial charge is 0.448 e. The number of ether oxygens (including phenoxy) is 1. The molecule has 0 aromatic rings. The Hall–Kier alpha value is -1.30. The fourth-order valence-corrected chi connectivity index (χ4v) is 1.77. The molecular formula is C10H19N3O3. The fraction of sp³-hybridized carbons (Fsp3) is 0.800. The van der Waals surface area contributed by atoms with E-state index in [1.165, 1.54) is 12.8 Å². The summed E-state index contributed by atoms with van der Waals surface area (Å²) in [5, 5.41) is 5.81. The van der Waals surface area contributed by atoms with Crippen LogP contribution < -0.4 is 16.4 Å². The van der Waals surface area contributed by atoms with Gasteiger partial charge in [0.15, 0.2) is 0 Å². The Bertz CT molecular complexity index is 239. The number of hydrogen-bond donors (Lipinski definition) is 3. The van der Waals surface area contributed by atoms with Crippen molar-refractivity contribution >= 4 is 12.0 Å². The molecule has 0 atom stereocenters. The molecule has 0 heterocycles. The van der Waals surface area contributed by atoms with E-state index in [9.17, 15) is 9.59 Å². The average Bonchev–Trinajstić information content (AvgIpc) is 2.69. The van der Waals surface area contributed by atoms with E-state index >= 15 is 0 Å². The van der Waals surface area contributed by atoms with Gasteiger partial charge in [0, 0.05) is 12.6 Å². The Morgan fingerprint density at radius 1 is 1.31 bits per heavy atom. The molecule has 0 unspecified atom stereocenters. The standard InChI is InChI=1S/C10H19N3O3/c11-10(15)16-6-5-12-7-9(14)13-8-3-1-2-4-8/h8,12H,1-7H2,(H2,11,15)(H,13,14). The van der Waals surface area contributed by atoms with Crippen LogP contribution in [0, 0.1) is 0 Å². The lowest BCUT2D eigenvalue weighted by atomic mass is 10.2. The SMILES string of the molecule is NC(=O)OCCNCC(=O)NC1CCCC1. The molecule has 0 aromatic heterocycles. The molecule has 2 amide bonds. The van der Waals surface area contributed by atoms with Gasteiger partial charge < -0.3 is 21.1 Å². The highest BCUT2D eigenvalue weighted by molar-refractivity contribution is 5.78. The zero-order valence-corrected chi connectivity index (χ0v) is 9.33. The third-order valence-electron chi connectivity index (χ3n) is 2.53. The van der Waals surface area contributed by atoms with Crippen LogP contribution in [0.25, 0.3) is 0 Å². The molecular weight excluding hydrogens is 210 g/mol. The van der Waals surface area contributed by atoms with Crippen LogP contribution in [0.15, 0.2) is 0 Å². The zero-order chi connectivity index (χ0) is 11.8. The van der Waals surface area contributed by atoms with Crippen molar-refractivity contribution in [2.75, 3.05) is 19.7 Å². The van der Waals surface area contributed by atoms with Crippen molar-refractivity contribution in [2.45, 2.75) is 31.7 Å². The minimum Gasteiger partial charge on any atom is -0.448 e. The molecule has 92 valence electrons. The van der Waals surface area contributed by atoms with Crippen molar-refractivity contribution in [3.8, 4) is 0 Å². The number of carbonyl (C=O) groups excluding carboxylic acids is 2. The van der Waals surface area contributed by atoms with Crippen molar-refractivity contribution in [3.63, 3.8) is 0 Å². The lowest BCUT2D eigenvalue weighted by molar-refractivity contribution is -0.120. The van der Waals surface area contributed by atoms with Crippen molar-refractivity contribution in [2.24, 2.45) is 5.73 Å². The molecule has 16 heavy (non-hydrogen) atoms. The van der Waals surface area contributed by atoms with Crippen LogP contribution in [0.4, 0.5) is 4.79 Å². The lowest BCUT2D eigenvalue weighted by Crippen LogP contribution is -2.40. The summed E-state index contributed by atoms with van der Waals surface area (Å²) in [4.78, 5) is 21.6. The number of amides is 2. The van der Waals surface area contributed by atoms with Crippen LogP contribution >= 0.6 is 0 Å². The number of primary amides is 1. The van der Waals surface area contributed by atoms with Crippen LogP contribution in [-0.4, -0.2) is 37.7 Å². The maximum atomic E-state index is 11.4. The molecule has 1 aliphatic carbocycles. The first kappa shape index (κ1) is 12.8. The molecule has 0 aliphatic heterocycles. The van der Waals surface area contributed by atoms with Gasteiger partial charge in [-0.25, -0.2) is 4.79 Å². The Morgan fingerprint density at radius 3 is 2.62 bits per heavy atom.